The second-order valence-electron chi connectivity index (χ2n) is 9.20. The number of benzene rings is 1. The van der Waals surface area contributed by atoms with Crippen LogP contribution in [0.1, 0.15) is 24.0 Å². The quantitative estimate of drug-likeness (QED) is 0.330. The number of imidazole rings is 1. The predicted molar refractivity (Wildman–Crippen MR) is 134 cm³/mol. The molecule has 5 nitrogen and oxygen atoms in total. The summed E-state index contributed by atoms with van der Waals surface area (Å²) < 4.78 is 3.38. The number of hydrogen-bond donors (Lipinski definition) is 0. The SMILES string of the molecule is c1ccc2c(c1)CC1(CCN(c3ncc(Sc4ccnc5ccsc45)c4nccn34)CC1)C2. The van der Waals surface area contributed by atoms with E-state index in [2.05, 4.69) is 56.1 Å². The summed E-state index contributed by atoms with van der Waals surface area (Å²) >= 11 is 3.46. The number of rotatable bonds is 3. The Kier molecular flexibility index (Phi) is 4.49. The van der Waals surface area contributed by atoms with Crippen molar-refractivity contribution >= 4 is 44.9 Å². The van der Waals surface area contributed by atoms with E-state index in [-0.39, 0.29) is 0 Å². The molecular weight excluding hydrogens is 446 g/mol. The van der Waals surface area contributed by atoms with Crippen LogP contribution in [0.2, 0.25) is 0 Å². The Hall–Kier alpha value is -2.90. The molecule has 5 heterocycles. The highest BCUT2D eigenvalue weighted by Gasteiger charge is 2.40. The van der Waals surface area contributed by atoms with E-state index in [0.717, 1.165) is 35.1 Å². The molecule has 2 aliphatic rings. The lowest BCUT2D eigenvalue weighted by Crippen LogP contribution is -2.41. The highest BCUT2D eigenvalue weighted by Crippen LogP contribution is 2.45. The number of hydrogen-bond acceptors (Lipinski definition) is 6. The van der Waals surface area contributed by atoms with Crippen molar-refractivity contribution < 1.29 is 0 Å². The van der Waals surface area contributed by atoms with Gasteiger partial charge in [0.2, 0.25) is 5.95 Å². The summed E-state index contributed by atoms with van der Waals surface area (Å²) in [7, 11) is 0. The molecule has 0 radical (unpaired) electrons. The van der Waals surface area contributed by atoms with E-state index in [1.54, 1.807) is 34.2 Å². The molecule has 1 aliphatic carbocycles. The normalized spacial score (nSPS) is 17.3. The van der Waals surface area contributed by atoms with Crippen LogP contribution in [0.3, 0.4) is 0 Å². The number of fused-ring (bicyclic) bond motifs is 3. The van der Waals surface area contributed by atoms with Crippen LogP contribution in [0.5, 0.6) is 0 Å². The van der Waals surface area contributed by atoms with Gasteiger partial charge in [0.25, 0.3) is 0 Å². The van der Waals surface area contributed by atoms with Crippen molar-refractivity contribution in [1.29, 1.82) is 0 Å². The van der Waals surface area contributed by atoms with Gasteiger partial charge in [-0.25, -0.2) is 9.97 Å². The lowest BCUT2D eigenvalue weighted by molar-refractivity contribution is 0.231. The lowest BCUT2D eigenvalue weighted by Gasteiger charge is -2.40. The number of nitrogens with zero attached hydrogens (tertiary/aromatic N) is 5. The van der Waals surface area contributed by atoms with E-state index in [1.807, 2.05) is 24.8 Å². The molecule has 0 saturated carbocycles. The van der Waals surface area contributed by atoms with Gasteiger partial charge in [-0.2, -0.15) is 0 Å². The minimum absolute atomic E-state index is 0.428. The molecule has 1 aliphatic heterocycles. The molecule has 1 fully saturated rings. The van der Waals surface area contributed by atoms with Crippen LogP contribution in [-0.4, -0.2) is 32.4 Å². The molecular formula is C26H23N5S2. The van der Waals surface area contributed by atoms with E-state index in [4.69, 9.17) is 9.97 Å². The Bertz CT molecular complexity index is 1450. The molecule has 4 aromatic heterocycles. The second-order valence-corrected chi connectivity index (χ2v) is 11.2. The van der Waals surface area contributed by atoms with Gasteiger partial charge in [0.15, 0.2) is 5.65 Å². The molecule has 7 rings (SSSR count). The molecule has 33 heavy (non-hydrogen) atoms. The summed E-state index contributed by atoms with van der Waals surface area (Å²) in [5.41, 5.74) is 5.56. The summed E-state index contributed by atoms with van der Waals surface area (Å²) in [5, 5.41) is 2.10. The molecule has 0 unspecified atom stereocenters. The molecule has 5 aromatic rings. The Morgan fingerprint density at radius 3 is 2.52 bits per heavy atom. The zero-order valence-electron chi connectivity index (χ0n) is 18.1. The second kappa shape index (κ2) is 7.57. The molecule has 1 spiro atoms. The van der Waals surface area contributed by atoms with Gasteiger partial charge in [-0.15, -0.1) is 11.3 Å². The van der Waals surface area contributed by atoms with Gasteiger partial charge in [-0.1, -0.05) is 36.0 Å². The third-order valence-corrected chi connectivity index (χ3v) is 9.39. The first-order chi connectivity index (χ1) is 16.3. The fourth-order valence-corrected chi connectivity index (χ4v) is 7.48. The third-order valence-electron chi connectivity index (χ3n) is 7.26. The van der Waals surface area contributed by atoms with E-state index in [1.165, 1.54) is 35.3 Å². The lowest BCUT2D eigenvalue weighted by atomic mass is 9.76. The highest BCUT2D eigenvalue weighted by atomic mass is 32.2. The number of pyridine rings is 1. The average molecular weight is 470 g/mol. The number of anilines is 1. The summed E-state index contributed by atoms with van der Waals surface area (Å²) in [6, 6.07) is 13.2. The maximum Gasteiger partial charge on any atom is 0.211 e. The van der Waals surface area contributed by atoms with Crippen LogP contribution >= 0.6 is 23.1 Å². The van der Waals surface area contributed by atoms with Crippen LogP contribution < -0.4 is 4.90 Å². The van der Waals surface area contributed by atoms with Crippen molar-refractivity contribution in [3.63, 3.8) is 0 Å². The fraction of sp³-hybridized carbons (Fsp3) is 0.269. The minimum atomic E-state index is 0.428. The third kappa shape index (κ3) is 3.25. The monoisotopic (exact) mass is 469 g/mol. The van der Waals surface area contributed by atoms with Crippen molar-refractivity contribution in [2.24, 2.45) is 5.41 Å². The molecule has 0 atom stereocenters. The summed E-state index contributed by atoms with van der Waals surface area (Å²) in [4.78, 5) is 18.8. The molecule has 0 amide bonds. The van der Waals surface area contributed by atoms with Crippen LogP contribution in [0.15, 0.2) is 76.4 Å². The first-order valence-corrected chi connectivity index (χ1v) is 13.1. The first kappa shape index (κ1) is 19.6. The molecule has 7 heteroatoms. The fourth-order valence-electron chi connectivity index (χ4n) is 5.55. The van der Waals surface area contributed by atoms with Gasteiger partial charge in [0.05, 0.1) is 15.1 Å². The number of aromatic nitrogens is 4. The highest BCUT2D eigenvalue weighted by molar-refractivity contribution is 8.00. The summed E-state index contributed by atoms with van der Waals surface area (Å²) in [6.07, 6.45) is 12.7. The average Bonchev–Trinajstić information content (AvgIpc) is 3.58. The van der Waals surface area contributed by atoms with Gasteiger partial charge in [0.1, 0.15) is 0 Å². The zero-order chi connectivity index (χ0) is 21.8. The maximum atomic E-state index is 4.94. The standard InChI is InChI=1S/C26H23N5S2/c1-2-4-19-16-26(15-18(19)3-1)7-11-30(12-8-26)25-29-17-22(24-28-10-13-31(24)25)33-21-5-9-27-20-6-14-32-23(20)21/h1-6,9-10,13-14,17H,7-8,11-12,15-16H2. The van der Waals surface area contributed by atoms with Gasteiger partial charge >= 0.3 is 0 Å². The molecule has 1 saturated heterocycles. The van der Waals surface area contributed by atoms with Crippen molar-refractivity contribution in [3.8, 4) is 0 Å². The molecule has 0 N–H and O–H groups in total. The predicted octanol–water partition coefficient (Wildman–Crippen LogP) is 5.88. The van der Waals surface area contributed by atoms with Crippen molar-refractivity contribution in [2.75, 3.05) is 18.0 Å². The van der Waals surface area contributed by atoms with Crippen LogP contribution in [0, 0.1) is 5.41 Å². The number of thiophene rings is 1. The minimum Gasteiger partial charge on any atom is -0.342 e. The Labute approximate surface area is 200 Å². The van der Waals surface area contributed by atoms with Gasteiger partial charge in [-0.05, 0) is 59.7 Å². The largest absolute Gasteiger partial charge is 0.342 e. The maximum absolute atomic E-state index is 4.94. The van der Waals surface area contributed by atoms with Crippen LogP contribution in [-0.2, 0) is 12.8 Å². The Balaban J connectivity index is 1.15. The van der Waals surface area contributed by atoms with Gasteiger partial charge < -0.3 is 4.90 Å². The van der Waals surface area contributed by atoms with Crippen LogP contribution in [0.4, 0.5) is 5.95 Å². The zero-order valence-corrected chi connectivity index (χ0v) is 19.8. The smallest absolute Gasteiger partial charge is 0.211 e. The first-order valence-electron chi connectivity index (χ1n) is 11.4. The van der Waals surface area contributed by atoms with Gasteiger partial charge in [0, 0.05) is 42.8 Å². The number of piperidine rings is 1. The molecule has 0 bridgehead atoms. The van der Waals surface area contributed by atoms with Crippen molar-refractivity contribution in [3.05, 3.63) is 77.7 Å². The molecule has 164 valence electrons. The molecule has 1 aromatic carbocycles. The van der Waals surface area contributed by atoms with Crippen LogP contribution in [0.25, 0.3) is 15.9 Å². The van der Waals surface area contributed by atoms with E-state index >= 15 is 0 Å². The summed E-state index contributed by atoms with van der Waals surface area (Å²) in [6.45, 7) is 2.09. The van der Waals surface area contributed by atoms with Crippen molar-refractivity contribution in [2.45, 2.75) is 35.5 Å². The summed E-state index contributed by atoms with van der Waals surface area (Å²) in [5.74, 6) is 1.01. The van der Waals surface area contributed by atoms with E-state index in [0.29, 0.717) is 5.41 Å². The Morgan fingerprint density at radius 2 is 1.70 bits per heavy atom. The Morgan fingerprint density at radius 1 is 0.879 bits per heavy atom. The van der Waals surface area contributed by atoms with E-state index < -0.39 is 0 Å². The van der Waals surface area contributed by atoms with E-state index in [9.17, 15) is 0 Å². The van der Waals surface area contributed by atoms with Crippen molar-refractivity contribution in [1.82, 2.24) is 19.4 Å². The van der Waals surface area contributed by atoms with Gasteiger partial charge in [-0.3, -0.25) is 9.38 Å². The topological polar surface area (TPSA) is 46.3 Å².